The van der Waals surface area contributed by atoms with Gasteiger partial charge in [0.05, 0.1) is 18.8 Å². The molecule has 0 aromatic carbocycles. The molecule has 1 rings (SSSR count). The third kappa shape index (κ3) is 5.40. The Bertz CT molecular complexity index is 346. The van der Waals surface area contributed by atoms with Crippen LogP contribution in [0.4, 0.5) is 4.79 Å². The summed E-state index contributed by atoms with van der Waals surface area (Å²) in [6.45, 7) is 5.58. The minimum atomic E-state index is -1.28. The Balaban J connectivity index is 2.44. The molecule has 0 aliphatic carbocycles. The number of alkyl carbamates (subject to hydrolysis) is 1. The fourth-order valence-electron chi connectivity index (χ4n) is 2.25. The van der Waals surface area contributed by atoms with Gasteiger partial charge in [0.2, 0.25) is 0 Å². The van der Waals surface area contributed by atoms with Crippen molar-refractivity contribution in [2.24, 2.45) is 0 Å². The number of ether oxygens (including phenoxy) is 1. The molecule has 0 radical (unpaired) electrons. The van der Waals surface area contributed by atoms with Crippen molar-refractivity contribution in [2.75, 3.05) is 26.2 Å². The number of piperidine rings is 1. The first-order valence-electron chi connectivity index (χ1n) is 7.01. The molecule has 0 bridgehead atoms. The van der Waals surface area contributed by atoms with E-state index in [1.807, 2.05) is 0 Å². The summed E-state index contributed by atoms with van der Waals surface area (Å²) in [5, 5.41) is 40.9. The van der Waals surface area contributed by atoms with E-state index in [2.05, 4.69) is 5.32 Å². The van der Waals surface area contributed by atoms with E-state index in [-0.39, 0.29) is 19.7 Å². The SMILES string of the molecule is CC(C)(C)OC(=O)NCCN1C[C@H](O)[C@@H](O)[C@H](O)[C@H]1CO. The molecule has 0 unspecified atom stereocenters. The number of β-amino-alcohol motifs (C(OH)–C–C–N with tert-alkyl or cyclic N) is 1. The predicted octanol–water partition coefficient (Wildman–Crippen LogP) is -1.73. The number of hydrogen-bond acceptors (Lipinski definition) is 7. The molecule has 0 spiro atoms. The molecule has 21 heavy (non-hydrogen) atoms. The first-order chi connectivity index (χ1) is 9.65. The van der Waals surface area contributed by atoms with Crippen LogP contribution in [0.3, 0.4) is 0 Å². The molecule has 1 heterocycles. The van der Waals surface area contributed by atoms with Gasteiger partial charge in [-0.25, -0.2) is 4.79 Å². The van der Waals surface area contributed by atoms with Crippen molar-refractivity contribution in [1.82, 2.24) is 10.2 Å². The van der Waals surface area contributed by atoms with Crippen LogP contribution in [-0.2, 0) is 4.74 Å². The van der Waals surface area contributed by atoms with E-state index in [9.17, 15) is 25.2 Å². The zero-order valence-electron chi connectivity index (χ0n) is 12.7. The third-order valence-corrected chi connectivity index (χ3v) is 3.28. The van der Waals surface area contributed by atoms with Crippen LogP contribution >= 0.6 is 0 Å². The first-order valence-corrected chi connectivity index (χ1v) is 7.01. The van der Waals surface area contributed by atoms with Crippen LogP contribution < -0.4 is 5.32 Å². The molecule has 124 valence electrons. The molecule has 4 atom stereocenters. The Hall–Kier alpha value is -0.930. The van der Waals surface area contributed by atoms with E-state index >= 15 is 0 Å². The number of nitrogens with zero attached hydrogens (tertiary/aromatic N) is 1. The molecule has 1 aliphatic heterocycles. The summed E-state index contributed by atoms with van der Waals surface area (Å²) in [5.74, 6) is 0. The molecule has 1 saturated heterocycles. The Kier molecular flexibility index (Phi) is 6.36. The largest absolute Gasteiger partial charge is 0.444 e. The molecule has 0 aromatic rings. The number of aliphatic hydroxyl groups is 4. The minimum absolute atomic E-state index is 0.111. The fourth-order valence-corrected chi connectivity index (χ4v) is 2.25. The molecule has 1 amide bonds. The van der Waals surface area contributed by atoms with Gasteiger partial charge in [-0.1, -0.05) is 0 Å². The monoisotopic (exact) mass is 306 g/mol. The van der Waals surface area contributed by atoms with Crippen LogP contribution in [0, 0.1) is 0 Å². The number of rotatable bonds is 4. The van der Waals surface area contributed by atoms with E-state index in [0.717, 1.165) is 0 Å². The maximum absolute atomic E-state index is 11.5. The Morgan fingerprint density at radius 1 is 1.29 bits per heavy atom. The lowest BCUT2D eigenvalue weighted by Gasteiger charge is -2.43. The van der Waals surface area contributed by atoms with Gasteiger partial charge in [0.25, 0.3) is 0 Å². The van der Waals surface area contributed by atoms with Gasteiger partial charge in [-0.3, -0.25) is 4.90 Å². The second kappa shape index (κ2) is 7.37. The van der Waals surface area contributed by atoms with E-state index in [0.29, 0.717) is 6.54 Å². The normalized spacial score (nSPS) is 31.0. The molecule has 1 fully saturated rings. The predicted molar refractivity (Wildman–Crippen MR) is 74.7 cm³/mol. The second-order valence-corrected chi connectivity index (χ2v) is 6.22. The van der Waals surface area contributed by atoms with Crippen LogP contribution in [0.1, 0.15) is 20.8 Å². The van der Waals surface area contributed by atoms with E-state index in [1.165, 1.54) is 0 Å². The number of likely N-dealkylation sites (tertiary alicyclic amines) is 1. The van der Waals surface area contributed by atoms with Gasteiger partial charge >= 0.3 is 6.09 Å². The third-order valence-electron chi connectivity index (χ3n) is 3.28. The molecule has 5 N–H and O–H groups in total. The Morgan fingerprint density at radius 3 is 2.43 bits per heavy atom. The summed E-state index contributed by atoms with van der Waals surface area (Å²) in [5.41, 5.74) is -0.584. The molecule has 8 nitrogen and oxygen atoms in total. The highest BCUT2D eigenvalue weighted by atomic mass is 16.6. The molecular weight excluding hydrogens is 280 g/mol. The van der Waals surface area contributed by atoms with Crippen molar-refractivity contribution in [3.63, 3.8) is 0 Å². The number of carbonyl (C=O) groups excluding carboxylic acids is 1. The standard InChI is InChI=1S/C13H26N2O6/c1-13(2,3)21-12(20)14-4-5-15-6-9(17)11(19)10(18)8(15)7-16/h8-11,16-19H,4-7H2,1-3H3,(H,14,20)/t8-,9+,10-,11-/m1/s1. The summed E-state index contributed by atoms with van der Waals surface area (Å²) < 4.78 is 5.08. The fraction of sp³-hybridized carbons (Fsp3) is 0.923. The lowest BCUT2D eigenvalue weighted by molar-refractivity contribution is -0.144. The van der Waals surface area contributed by atoms with Crippen molar-refractivity contribution >= 4 is 6.09 Å². The molecule has 0 saturated carbocycles. The molecular formula is C13H26N2O6. The molecule has 1 aliphatic rings. The second-order valence-electron chi connectivity index (χ2n) is 6.22. The highest BCUT2D eigenvalue weighted by Crippen LogP contribution is 2.18. The average Bonchev–Trinajstić information content (AvgIpc) is 2.34. The Labute approximate surface area is 124 Å². The summed E-state index contributed by atoms with van der Waals surface area (Å²) in [7, 11) is 0. The maximum atomic E-state index is 11.5. The van der Waals surface area contributed by atoms with Crippen molar-refractivity contribution in [3.8, 4) is 0 Å². The van der Waals surface area contributed by atoms with Crippen molar-refractivity contribution in [1.29, 1.82) is 0 Å². The summed E-state index contributed by atoms with van der Waals surface area (Å²) in [4.78, 5) is 13.1. The lowest BCUT2D eigenvalue weighted by Crippen LogP contribution is -2.63. The highest BCUT2D eigenvalue weighted by Gasteiger charge is 2.40. The number of hydrogen-bond donors (Lipinski definition) is 5. The number of aliphatic hydroxyl groups excluding tert-OH is 4. The van der Waals surface area contributed by atoms with Gasteiger partial charge in [0.1, 0.15) is 17.8 Å². The smallest absolute Gasteiger partial charge is 0.407 e. The van der Waals surface area contributed by atoms with Crippen molar-refractivity contribution < 1.29 is 30.0 Å². The van der Waals surface area contributed by atoms with Crippen LogP contribution in [0.25, 0.3) is 0 Å². The number of carbonyl (C=O) groups is 1. The lowest BCUT2D eigenvalue weighted by atomic mass is 9.94. The topological polar surface area (TPSA) is 122 Å². The van der Waals surface area contributed by atoms with Crippen LogP contribution in [0.5, 0.6) is 0 Å². The van der Waals surface area contributed by atoms with Crippen LogP contribution in [0.2, 0.25) is 0 Å². The van der Waals surface area contributed by atoms with Crippen molar-refractivity contribution in [2.45, 2.75) is 50.7 Å². The van der Waals surface area contributed by atoms with Gasteiger partial charge in [0.15, 0.2) is 0 Å². The van der Waals surface area contributed by atoms with E-state index < -0.39 is 36.0 Å². The molecule has 0 aromatic heterocycles. The van der Waals surface area contributed by atoms with Gasteiger partial charge in [-0.2, -0.15) is 0 Å². The average molecular weight is 306 g/mol. The summed E-state index contributed by atoms with van der Waals surface area (Å²) in [6.07, 6.45) is -4.16. The maximum Gasteiger partial charge on any atom is 0.407 e. The zero-order valence-corrected chi connectivity index (χ0v) is 12.7. The quantitative estimate of drug-likeness (QED) is 0.418. The van der Waals surface area contributed by atoms with Gasteiger partial charge < -0.3 is 30.5 Å². The zero-order chi connectivity index (χ0) is 16.2. The van der Waals surface area contributed by atoms with Crippen LogP contribution in [0.15, 0.2) is 0 Å². The van der Waals surface area contributed by atoms with E-state index in [1.54, 1.807) is 25.7 Å². The van der Waals surface area contributed by atoms with Gasteiger partial charge in [0, 0.05) is 19.6 Å². The van der Waals surface area contributed by atoms with Gasteiger partial charge in [-0.15, -0.1) is 0 Å². The van der Waals surface area contributed by atoms with Crippen LogP contribution in [-0.4, -0.2) is 87.6 Å². The summed E-state index contributed by atoms with van der Waals surface area (Å²) in [6, 6.07) is -0.677. The first kappa shape index (κ1) is 18.1. The van der Waals surface area contributed by atoms with Gasteiger partial charge in [-0.05, 0) is 20.8 Å². The molecule has 8 heteroatoms. The number of amides is 1. The minimum Gasteiger partial charge on any atom is -0.444 e. The van der Waals surface area contributed by atoms with Crippen molar-refractivity contribution in [3.05, 3.63) is 0 Å². The van der Waals surface area contributed by atoms with E-state index in [4.69, 9.17) is 4.74 Å². The summed E-state index contributed by atoms with van der Waals surface area (Å²) >= 11 is 0. The highest BCUT2D eigenvalue weighted by molar-refractivity contribution is 5.67. The number of nitrogens with one attached hydrogen (secondary N) is 1. The Morgan fingerprint density at radius 2 is 1.90 bits per heavy atom.